The Labute approximate surface area is 141 Å². The van der Waals surface area contributed by atoms with Gasteiger partial charge in [0.05, 0.1) is 6.20 Å². The Morgan fingerprint density at radius 3 is 3.12 bits per heavy atom. The lowest BCUT2D eigenvalue weighted by Crippen LogP contribution is -2.33. The van der Waals surface area contributed by atoms with Crippen LogP contribution in [0.1, 0.15) is 29.6 Å². The van der Waals surface area contributed by atoms with Gasteiger partial charge in [-0.25, -0.2) is 4.98 Å². The van der Waals surface area contributed by atoms with Crippen LogP contribution in [0.5, 0.6) is 11.6 Å². The van der Waals surface area contributed by atoms with Crippen molar-refractivity contribution in [3.05, 3.63) is 48.4 Å². The molecule has 24 heavy (non-hydrogen) atoms. The molecule has 2 heterocycles. The van der Waals surface area contributed by atoms with Crippen LogP contribution < -0.4 is 15.4 Å². The van der Waals surface area contributed by atoms with Crippen molar-refractivity contribution in [3.63, 3.8) is 0 Å². The summed E-state index contributed by atoms with van der Waals surface area (Å²) in [7, 11) is 0. The van der Waals surface area contributed by atoms with Gasteiger partial charge in [-0.05, 0) is 56.5 Å². The zero-order chi connectivity index (χ0) is 16.6. The molecular weight excluding hydrogens is 304 g/mol. The molecule has 1 aliphatic heterocycles. The highest BCUT2D eigenvalue weighted by Crippen LogP contribution is 2.19. The standard InChI is InChI=1S/C18H22N4O2/c23-18(22-8-6-14-3-2-7-19-12-14)15-4-1-5-16(11-15)24-17-13-20-9-10-21-17/h1,4-5,9-11,13-14,19H,2-3,6-8,12H2,(H,22,23). The molecule has 0 radical (unpaired) electrons. The van der Waals surface area contributed by atoms with Crippen molar-refractivity contribution in [2.75, 3.05) is 19.6 Å². The van der Waals surface area contributed by atoms with Gasteiger partial charge in [0.2, 0.25) is 5.88 Å². The smallest absolute Gasteiger partial charge is 0.251 e. The van der Waals surface area contributed by atoms with Crippen LogP contribution in [-0.4, -0.2) is 35.5 Å². The van der Waals surface area contributed by atoms with Crippen LogP contribution in [0.25, 0.3) is 0 Å². The summed E-state index contributed by atoms with van der Waals surface area (Å²) in [6, 6.07) is 7.08. The summed E-state index contributed by atoms with van der Waals surface area (Å²) in [4.78, 5) is 20.3. The van der Waals surface area contributed by atoms with E-state index in [9.17, 15) is 4.79 Å². The van der Waals surface area contributed by atoms with Gasteiger partial charge < -0.3 is 15.4 Å². The minimum atomic E-state index is -0.0802. The summed E-state index contributed by atoms with van der Waals surface area (Å²) < 4.78 is 5.61. The predicted molar refractivity (Wildman–Crippen MR) is 91.1 cm³/mol. The second kappa shape index (κ2) is 8.40. The number of nitrogens with zero attached hydrogens (tertiary/aromatic N) is 2. The first-order valence-electron chi connectivity index (χ1n) is 8.34. The van der Waals surface area contributed by atoms with Gasteiger partial charge in [-0.3, -0.25) is 9.78 Å². The summed E-state index contributed by atoms with van der Waals surface area (Å²) in [5, 5.41) is 6.38. The van der Waals surface area contributed by atoms with E-state index in [1.54, 1.807) is 36.7 Å². The molecule has 6 nitrogen and oxygen atoms in total. The van der Waals surface area contributed by atoms with Gasteiger partial charge in [-0.2, -0.15) is 0 Å². The average molecular weight is 326 g/mol. The third kappa shape index (κ3) is 4.76. The van der Waals surface area contributed by atoms with E-state index in [-0.39, 0.29) is 5.91 Å². The number of aromatic nitrogens is 2. The molecule has 0 aliphatic carbocycles. The zero-order valence-electron chi connectivity index (χ0n) is 13.6. The fraction of sp³-hybridized carbons (Fsp3) is 0.389. The van der Waals surface area contributed by atoms with Crippen LogP contribution in [-0.2, 0) is 0 Å². The molecular formula is C18H22N4O2. The SMILES string of the molecule is O=C(NCCC1CCCNC1)c1cccc(Oc2cnccn2)c1. The molecule has 1 aromatic heterocycles. The predicted octanol–water partition coefficient (Wildman–Crippen LogP) is 2.39. The minimum absolute atomic E-state index is 0.0802. The number of hydrogen-bond donors (Lipinski definition) is 2. The Balaban J connectivity index is 1.52. The molecule has 1 saturated heterocycles. The van der Waals surface area contributed by atoms with Crippen LogP contribution in [0.3, 0.4) is 0 Å². The third-order valence-electron chi connectivity index (χ3n) is 4.10. The topological polar surface area (TPSA) is 76.1 Å². The minimum Gasteiger partial charge on any atom is -0.437 e. The maximum absolute atomic E-state index is 12.3. The van der Waals surface area contributed by atoms with E-state index in [0.717, 1.165) is 19.5 Å². The molecule has 3 rings (SSSR count). The number of hydrogen-bond acceptors (Lipinski definition) is 5. The highest BCUT2D eigenvalue weighted by molar-refractivity contribution is 5.94. The molecule has 1 atom stereocenters. The van der Waals surface area contributed by atoms with Gasteiger partial charge in [0.15, 0.2) is 0 Å². The van der Waals surface area contributed by atoms with E-state index in [1.165, 1.54) is 19.0 Å². The number of ether oxygens (including phenoxy) is 1. The third-order valence-corrected chi connectivity index (χ3v) is 4.10. The number of carbonyl (C=O) groups is 1. The number of rotatable bonds is 6. The van der Waals surface area contributed by atoms with Gasteiger partial charge in [0.25, 0.3) is 5.91 Å². The van der Waals surface area contributed by atoms with Crippen LogP contribution >= 0.6 is 0 Å². The fourth-order valence-corrected chi connectivity index (χ4v) is 2.82. The first kappa shape index (κ1) is 16.4. The van der Waals surface area contributed by atoms with E-state index in [0.29, 0.717) is 29.7 Å². The molecule has 1 aromatic carbocycles. The molecule has 1 fully saturated rings. The lowest BCUT2D eigenvalue weighted by atomic mass is 9.96. The monoisotopic (exact) mass is 326 g/mol. The Kier molecular flexibility index (Phi) is 5.74. The zero-order valence-corrected chi connectivity index (χ0v) is 13.6. The van der Waals surface area contributed by atoms with Gasteiger partial charge in [-0.15, -0.1) is 0 Å². The van der Waals surface area contributed by atoms with E-state index in [4.69, 9.17) is 4.74 Å². The highest BCUT2D eigenvalue weighted by Gasteiger charge is 2.13. The Morgan fingerprint density at radius 2 is 2.33 bits per heavy atom. The number of nitrogens with one attached hydrogen (secondary N) is 2. The van der Waals surface area contributed by atoms with Gasteiger partial charge in [0, 0.05) is 24.5 Å². The van der Waals surface area contributed by atoms with Crippen molar-refractivity contribution < 1.29 is 9.53 Å². The van der Waals surface area contributed by atoms with E-state index in [2.05, 4.69) is 20.6 Å². The van der Waals surface area contributed by atoms with Crippen LogP contribution in [0.2, 0.25) is 0 Å². The second-order valence-corrected chi connectivity index (χ2v) is 5.93. The molecule has 6 heteroatoms. The molecule has 1 amide bonds. The maximum Gasteiger partial charge on any atom is 0.251 e. The van der Waals surface area contributed by atoms with Crippen LogP contribution in [0, 0.1) is 5.92 Å². The second-order valence-electron chi connectivity index (χ2n) is 5.93. The van der Waals surface area contributed by atoms with E-state index in [1.807, 2.05) is 0 Å². The Morgan fingerprint density at radius 1 is 1.38 bits per heavy atom. The molecule has 1 unspecified atom stereocenters. The number of amides is 1. The van der Waals surface area contributed by atoms with Crippen molar-refractivity contribution in [3.8, 4) is 11.6 Å². The molecule has 2 N–H and O–H groups in total. The van der Waals surface area contributed by atoms with Crippen molar-refractivity contribution >= 4 is 5.91 Å². The lowest BCUT2D eigenvalue weighted by molar-refractivity contribution is 0.0950. The summed E-state index contributed by atoms with van der Waals surface area (Å²) in [5.41, 5.74) is 0.582. The van der Waals surface area contributed by atoms with Crippen LogP contribution in [0.4, 0.5) is 0 Å². The molecule has 0 spiro atoms. The van der Waals surface area contributed by atoms with Crippen molar-refractivity contribution in [2.45, 2.75) is 19.3 Å². The lowest BCUT2D eigenvalue weighted by Gasteiger charge is -2.22. The summed E-state index contributed by atoms with van der Waals surface area (Å²) in [6.45, 7) is 2.86. The highest BCUT2D eigenvalue weighted by atomic mass is 16.5. The van der Waals surface area contributed by atoms with Crippen molar-refractivity contribution in [1.29, 1.82) is 0 Å². The molecule has 0 saturated carbocycles. The largest absolute Gasteiger partial charge is 0.437 e. The number of piperidine rings is 1. The van der Waals surface area contributed by atoms with E-state index < -0.39 is 0 Å². The summed E-state index contributed by atoms with van der Waals surface area (Å²) in [6.07, 6.45) is 8.15. The van der Waals surface area contributed by atoms with Crippen LogP contribution in [0.15, 0.2) is 42.9 Å². The quantitative estimate of drug-likeness (QED) is 0.852. The average Bonchev–Trinajstić information content (AvgIpc) is 2.64. The fourth-order valence-electron chi connectivity index (χ4n) is 2.82. The number of carbonyl (C=O) groups excluding carboxylic acids is 1. The van der Waals surface area contributed by atoms with Gasteiger partial charge in [-0.1, -0.05) is 6.07 Å². The Bertz CT molecular complexity index is 657. The summed E-state index contributed by atoms with van der Waals surface area (Å²) in [5.74, 6) is 1.55. The Hall–Kier alpha value is -2.47. The molecule has 126 valence electrons. The van der Waals surface area contributed by atoms with Crippen molar-refractivity contribution in [2.24, 2.45) is 5.92 Å². The molecule has 1 aliphatic rings. The normalized spacial score (nSPS) is 17.2. The van der Waals surface area contributed by atoms with E-state index >= 15 is 0 Å². The van der Waals surface area contributed by atoms with Crippen molar-refractivity contribution in [1.82, 2.24) is 20.6 Å². The molecule has 0 bridgehead atoms. The van der Waals surface area contributed by atoms with Gasteiger partial charge in [0.1, 0.15) is 5.75 Å². The van der Waals surface area contributed by atoms with Gasteiger partial charge >= 0.3 is 0 Å². The first-order valence-corrected chi connectivity index (χ1v) is 8.34. The maximum atomic E-state index is 12.3. The first-order chi connectivity index (χ1) is 11.8. The molecule has 2 aromatic rings. The number of benzene rings is 1. The summed E-state index contributed by atoms with van der Waals surface area (Å²) >= 11 is 0.